The predicted octanol–water partition coefficient (Wildman–Crippen LogP) is 3.42. The van der Waals surface area contributed by atoms with E-state index in [1.54, 1.807) is 6.07 Å². The van der Waals surface area contributed by atoms with Crippen LogP contribution in [0.5, 0.6) is 0 Å². The van der Waals surface area contributed by atoms with Crippen molar-refractivity contribution in [2.75, 3.05) is 11.4 Å². The standard InChI is InChI=1S/C13H16ClNO2/c1-2-9-5-4-8-15(9)11-7-3-6-10(14)12(11)13(16)17/h3,6-7,9H,2,4-5,8H2,1H3,(H,16,17). The molecule has 1 unspecified atom stereocenters. The molecule has 2 rings (SSSR count). The van der Waals surface area contributed by atoms with Crippen LogP contribution in [0.4, 0.5) is 5.69 Å². The molecule has 0 amide bonds. The SMILES string of the molecule is CCC1CCCN1c1cccc(Cl)c1C(=O)O. The lowest BCUT2D eigenvalue weighted by molar-refractivity contribution is 0.0697. The second-order valence-corrected chi connectivity index (χ2v) is 4.74. The Kier molecular flexibility index (Phi) is 3.57. The van der Waals surface area contributed by atoms with Crippen LogP contribution < -0.4 is 4.90 Å². The van der Waals surface area contributed by atoms with Crippen LogP contribution in [-0.4, -0.2) is 23.7 Å². The van der Waals surface area contributed by atoms with Crippen molar-refractivity contribution in [2.45, 2.75) is 32.2 Å². The number of nitrogens with zero attached hydrogens (tertiary/aromatic N) is 1. The molecule has 1 saturated heterocycles. The van der Waals surface area contributed by atoms with Crippen molar-refractivity contribution in [1.82, 2.24) is 0 Å². The van der Waals surface area contributed by atoms with Crippen molar-refractivity contribution in [3.63, 3.8) is 0 Å². The normalized spacial score (nSPS) is 19.6. The van der Waals surface area contributed by atoms with Crippen molar-refractivity contribution >= 4 is 23.3 Å². The van der Waals surface area contributed by atoms with Gasteiger partial charge in [0, 0.05) is 12.6 Å². The van der Waals surface area contributed by atoms with Gasteiger partial charge in [-0.25, -0.2) is 4.79 Å². The van der Waals surface area contributed by atoms with Gasteiger partial charge in [0.25, 0.3) is 0 Å². The van der Waals surface area contributed by atoms with E-state index in [0.717, 1.165) is 31.5 Å². The Bertz CT molecular complexity index is 433. The third-order valence-corrected chi connectivity index (χ3v) is 3.68. The highest BCUT2D eigenvalue weighted by Gasteiger charge is 2.27. The molecule has 3 nitrogen and oxygen atoms in total. The van der Waals surface area contributed by atoms with Crippen LogP contribution in [0.25, 0.3) is 0 Å². The summed E-state index contributed by atoms with van der Waals surface area (Å²) in [6, 6.07) is 5.73. The van der Waals surface area contributed by atoms with Gasteiger partial charge in [-0.1, -0.05) is 24.6 Å². The highest BCUT2D eigenvalue weighted by Crippen LogP contribution is 2.33. The van der Waals surface area contributed by atoms with Gasteiger partial charge in [-0.2, -0.15) is 0 Å². The van der Waals surface area contributed by atoms with E-state index in [1.165, 1.54) is 0 Å². The molecule has 1 aromatic carbocycles. The molecule has 0 saturated carbocycles. The molecule has 92 valence electrons. The third-order valence-electron chi connectivity index (χ3n) is 3.36. The minimum Gasteiger partial charge on any atom is -0.478 e. The summed E-state index contributed by atoms with van der Waals surface area (Å²) in [5, 5.41) is 9.57. The Balaban J connectivity index is 2.44. The summed E-state index contributed by atoms with van der Waals surface area (Å²) in [6.45, 7) is 3.05. The number of hydrogen-bond donors (Lipinski definition) is 1. The first kappa shape index (κ1) is 12.2. The fraction of sp³-hybridized carbons (Fsp3) is 0.462. The number of carboxylic acid groups (broad SMARTS) is 1. The summed E-state index contributed by atoms with van der Waals surface area (Å²) in [5.41, 5.74) is 0.990. The minimum atomic E-state index is -0.952. The molecule has 4 heteroatoms. The monoisotopic (exact) mass is 253 g/mol. The molecule has 1 aromatic rings. The Morgan fingerprint density at radius 1 is 1.59 bits per heavy atom. The Morgan fingerprint density at radius 2 is 2.35 bits per heavy atom. The largest absolute Gasteiger partial charge is 0.478 e. The predicted molar refractivity (Wildman–Crippen MR) is 69.1 cm³/mol. The number of anilines is 1. The average molecular weight is 254 g/mol. The Labute approximate surface area is 106 Å². The zero-order valence-corrected chi connectivity index (χ0v) is 10.6. The van der Waals surface area contributed by atoms with Gasteiger partial charge in [0.1, 0.15) is 5.56 Å². The van der Waals surface area contributed by atoms with Crippen LogP contribution in [-0.2, 0) is 0 Å². The lowest BCUT2D eigenvalue weighted by atomic mass is 10.1. The summed E-state index contributed by atoms with van der Waals surface area (Å²) in [7, 11) is 0. The molecular formula is C13H16ClNO2. The lowest BCUT2D eigenvalue weighted by Gasteiger charge is -2.27. The summed E-state index contributed by atoms with van der Waals surface area (Å²) in [6.07, 6.45) is 3.28. The zero-order chi connectivity index (χ0) is 12.4. The first-order chi connectivity index (χ1) is 8.15. The molecule has 0 bridgehead atoms. The fourth-order valence-corrected chi connectivity index (χ4v) is 2.79. The van der Waals surface area contributed by atoms with E-state index in [-0.39, 0.29) is 5.56 Å². The number of rotatable bonds is 3. The van der Waals surface area contributed by atoms with Crippen molar-refractivity contribution in [1.29, 1.82) is 0 Å². The molecule has 1 aliphatic rings. The lowest BCUT2D eigenvalue weighted by Crippen LogP contribution is -2.30. The number of carbonyl (C=O) groups is 1. The van der Waals surface area contributed by atoms with E-state index in [1.807, 2.05) is 12.1 Å². The van der Waals surface area contributed by atoms with Crippen molar-refractivity contribution in [3.05, 3.63) is 28.8 Å². The van der Waals surface area contributed by atoms with Gasteiger partial charge in [-0.05, 0) is 31.4 Å². The molecule has 1 heterocycles. The zero-order valence-electron chi connectivity index (χ0n) is 9.82. The van der Waals surface area contributed by atoms with Crippen molar-refractivity contribution < 1.29 is 9.90 Å². The molecule has 0 radical (unpaired) electrons. The van der Waals surface area contributed by atoms with Gasteiger partial charge in [0.2, 0.25) is 0 Å². The van der Waals surface area contributed by atoms with Crippen LogP contribution in [0.1, 0.15) is 36.5 Å². The van der Waals surface area contributed by atoms with Gasteiger partial charge in [-0.3, -0.25) is 0 Å². The molecule has 1 aliphatic heterocycles. The second kappa shape index (κ2) is 4.96. The first-order valence-corrected chi connectivity index (χ1v) is 6.31. The van der Waals surface area contributed by atoms with Crippen LogP contribution in [0.2, 0.25) is 5.02 Å². The molecule has 1 N–H and O–H groups in total. The Morgan fingerprint density at radius 3 is 3.00 bits per heavy atom. The third kappa shape index (κ3) is 2.25. The maximum atomic E-state index is 11.3. The number of carboxylic acids is 1. The maximum absolute atomic E-state index is 11.3. The minimum absolute atomic E-state index is 0.231. The Hall–Kier alpha value is -1.22. The van der Waals surface area contributed by atoms with Gasteiger partial charge in [0.15, 0.2) is 0 Å². The molecule has 0 spiro atoms. The van der Waals surface area contributed by atoms with Crippen LogP contribution in [0.15, 0.2) is 18.2 Å². The van der Waals surface area contributed by atoms with Gasteiger partial charge >= 0.3 is 5.97 Å². The van der Waals surface area contributed by atoms with Crippen LogP contribution >= 0.6 is 11.6 Å². The highest BCUT2D eigenvalue weighted by atomic mass is 35.5. The molecule has 1 atom stereocenters. The van der Waals surface area contributed by atoms with E-state index in [9.17, 15) is 9.90 Å². The van der Waals surface area contributed by atoms with E-state index in [2.05, 4.69) is 11.8 Å². The first-order valence-electron chi connectivity index (χ1n) is 5.93. The van der Waals surface area contributed by atoms with Gasteiger partial charge < -0.3 is 10.0 Å². The number of hydrogen-bond acceptors (Lipinski definition) is 2. The fourth-order valence-electron chi connectivity index (χ4n) is 2.54. The molecule has 0 aromatic heterocycles. The average Bonchev–Trinajstić information content (AvgIpc) is 2.75. The summed E-state index contributed by atoms with van der Waals surface area (Å²) < 4.78 is 0. The van der Waals surface area contributed by atoms with Crippen LogP contribution in [0.3, 0.4) is 0 Å². The molecular weight excluding hydrogens is 238 g/mol. The van der Waals surface area contributed by atoms with Gasteiger partial charge in [0.05, 0.1) is 10.7 Å². The number of benzene rings is 1. The number of halogens is 1. The maximum Gasteiger partial charge on any atom is 0.339 e. The highest BCUT2D eigenvalue weighted by molar-refractivity contribution is 6.34. The van der Waals surface area contributed by atoms with E-state index >= 15 is 0 Å². The molecule has 17 heavy (non-hydrogen) atoms. The van der Waals surface area contributed by atoms with Crippen molar-refractivity contribution in [3.8, 4) is 0 Å². The topological polar surface area (TPSA) is 40.5 Å². The smallest absolute Gasteiger partial charge is 0.339 e. The molecule has 0 aliphatic carbocycles. The number of aromatic carboxylic acids is 1. The van der Waals surface area contributed by atoms with Crippen molar-refractivity contribution in [2.24, 2.45) is 0 Å². The van der Waals surface area contributed by atoms with E-state index < -0.39 is 5.97 Å². The molecule has 1 fully saturated rings. The van der Waals surface area contributed by atoms with Gasteiger partial charge in [-0.15, -0.1) is 0 Å². The second-order valence-electron chi connectivity index (χ2n) is 4.34. The summed E-state index contributed by atoms with van der Waals surface area (Å²) in [5.74, 6) is -0.952. The van der Waals surface area contributed by atoms with E-state index in [4.69, 9.17) is 11.6 Å². The summed E-state index contributed by atoms with van der Waals surface area (Å²) >= 11 is 5.99. The van der Waals surface area contributed by atoms with E-state index in [0.29, 0.717) is 11.1 Å². The summed E-state index contributed by atoms with van der Waals surface area (Å²) in [4.78, 5) is 13.5. The quantitative estimate of drug-likeness (QED) is 0.897. The van der Waals surface area contributed by atoms with Crippen LogP contribution in [0, 0.1) is 0 Å².